The average Bonchev–Trinajstić information content (AvgIpc) is 3.42. The Morgan fingerprint density at radius 1 is 0.903 bits per heavy atom. The van der Waals surface area contributed by atoms with E-state index >= 15 is 0 Å². The minimum absolute atomic E-state index is 0.0972. The van der Waals surface area contributed by atoms with Gasteiger partial charge < -0.3 is 15.0 Å². The van der Waals surface area contributed by atoms with Crippen molar-refractivity contribution in [2.45, 2.75) is 0 Å². The number of hydrogen-bond acceptors (Lipinski definition) is 5. The Labute approximate surface area is 173 Å². The van der Waals surface area contributed by atoms with Crippen LogP contribution in [0.15, 0.2) is 65.7 Å². The lowest BCUT2D eigenvalue weighted by Crippen LogP contribution is -2.19. The molecule has 2 aromatic carbocycles. The van der Waals surface area contributed by atoms with Crippen molar-refractivity contribution in [3.8, 4) is 0 Å². The van der Waals surface area contributed by atoms with E-state index in [1.807, 2.05) is 0 Å². The maximum Gasteiger partial charge on any atom is 0.274 e. The molecular formula is C21H15N7O3. The van der Waals surface area contributed by atoms with Gasteiger partial charge in [-0.15, -0.1) is 0 Å². The molecule has 0 fully saturated rings. The van der Waals surface area contributed by atoms with Crippen LogP contribution >= 0.6 is 0 Å². The van der Waals surface area contributed by atoms with Gasteiger partial charge >= 0.3 is 0 Å². The van der Waals surface area contributed by atoms with Crippen molar-refractivity contribution in [3.05, 3.63) is 82.5 Å². The van der Waals surface area contributed by atoms with Crippen molar-refractivity contribution in [2.24, 2.45) is 0 Å². The molecule has 0 aliphatic rings. The highest BCUT2D eigenvalue weighted by molar-refractivity contribution is 6.11. The number of pyridine rings is 1. The van der Waals surface area contributed by atoms with Crippen molar-refractivity contribution in [1.82, 2.24) is 24.9 Å². The molecule has 0 saturated carbocycles. The summed E-state index contributed by atoms with van der Waals surface area (Å²) in [6.07, 6.45) is 3.12. The van der Waals surface area contributed by atoms with Crippen molar-refractivity contribution < 1.29 is 9.59 Å². The Bertz CT molecular complexity index is 1500. The van der Waals surface area contributed by atoms with Crippen LogP contribution in [-0.2, 0) is 0 Å². The molecule has 0 spiro atoms. The van der Waals surface area contributed by atoms with Crippen molar-refractivity contribution in [3.63, 3.8) is 0 Å². The van der Waals surface area contributed by atoms with E-state index in [1.165, 1.54) is 6.20 Å². The highest BCUT2D eigenvalue weighted by Crippen LogP contribution is 2.20. The van der Waals surface area contributed by atoms with Gasteiger partial charge in [-0.2, -0.15) is 0 Å². The number of anilines is 2. The van der Waals surface area contributed by atoms with E-state index < -0.39 is 11.8 Å². The number of H-pyrrole nitrogens is 3. The van der Waals surface area contributed by atoms with Crippen molar-refractivity contribution in [2.75, 3.05) is 10.6 Å². The highest BCUT2D eigenvalue weighted by atomic mass is 16.2. The van der Waals surface area contributed by atoms with Gasteiger partial charge in [-0.25, -0.2) is 9.97 Å². The number of benzene rings is 2. The number of aromatic nitrogens is 5. The van der Waals surface area contributed by atoms with E-state index in [2.05, 4.69) is 35.6 Å². The van der Waals surface area contributed by atoms with E-state index in [9.17, 15) is 14.4 Å². The number of rotatable bonds is 4. The van der Waals surface area contributed by atoms with E-state index in [1.54, 1.807) is 54.7 Å². The summed E-state index contributed by atoms with van der Waals surface area (Å²) in [6, 6.07) is 13.6. The molecule has 31 heavy (non-hydrogen) atoms. The third-order valence-electron chi connectivity index (χ3n) is 4.72. The first-order valence-electron chi connectivity index (χ1n) is 9.31. The minimum Gasteiger partial charge on any atom is -0.331 e. The van der Waals surface area contributed by atoms with Crippen LogP contribution in [0.25, 0.3) is 21.8 Å². The Balaban J connectivity index is 1.44. The molecule has 0 aliphatic heterocycles. The second kappa shape index (κ2) is 7.26. The molecule has 2 amide bonds. The van der Waals surface area contributed by atoms with Crippen LogP contribution < -0.4 is 16.2 Å². The number of fused-ring (bicyclic) bond motifs is 2. The topological polar surface area (TPSA) is 148 Å². The molecule has 3 heterocycles. The second-order valence-electron chi connectivity index (χ2n) is 6.73. The quantitative estimate of drug-likeness (QED) is 0.307. The van der Waals surface area contributed by atoms with Gasteiger partial charge in [0, 0.05) is 17.8 Å². The fourth-order valence-corrected chi connectivity index (χ4v) is 3.29. The Morgan fingerprint density at radius 2 is 1.74 bits per heavy atom. The number of aromatic amines is 3. The Hall–Kier alpha value is -4.73. The van der Waals surface area contributed by atoms with Gasteiger partial charge in [0.15, 0.2) is 0 Å². The first-order chi connectivity index (χ1) is 15.1. The SMILES string of the molecule is O=C(Nc1nc2c(C(=O)Nc3ncc[nH]3)cccc2[nH]1)c1cc2ccccc2c(=O)[nH]1. The van der Waals surface area contributed by atoms with Crippen LogP contribution in [0.4, 0.5) is 11.9 Å². The second-order valence-corrected chi connectivity index (χ2v) is 6.73. The molecule has 0 radical (unpaired) electrons. The number of carbonyl (C=O) groups is 2. The van der Waals surface area contributed by atoms with Crippen LogP contribution in [0.2, 0.25) is 0 Å². The third-order valence-corrected chi connectivity index (χ3v) is 4.72. The predicted octanol–water partition coefficient (Wildman–Crippen LogP) is 2.63. The minimum atomic E-state index is -0.538. The number of nitrogens with one attached hydrogen (secondary N) is 5. The lowest BCUT2D eigenvalue weighted by molar-refractivity contribution is 0.101. The molecule has 5 aromatic rings. The van der Waals surface area contributed by atoms with Gasteiger partial charge in [-0.3, -0.25) is 25.0 Å². The summed E-state index contributed by atoms with van der Waals surface area (Å²) < 4.78 is 0. The molecule has 0 saturated heterocycles. The summed E-state index contributed by atoms with van der Waals surface area (Å²) in [6.45, 7) is 0. The van der Waals surface area contributed by atoms with E-state index in [0.29, 0.717) is 33.3 Å². The molecule has 3 aromatic heterocycles. The molecule has 0 aliphatic carbocycles. The molecule has 10 nitrogen and oxygen atoms in total. The zero-order valence-electron chi connectivity index (χ0n) is 15.9. The van der Waals surface area contributed by atoms with Crippen molar-refractivity contribution in [1.29, 1.82) is 0 Å². The molecule has 5 rings (SSSR count). The van der Waals surface area contributed by atoms with Crippen LogP contribution in [0, 0.1) is 0 Å². The normalized spacial score (nSPS) is 11.0. The zero-order valence-corrected chi connectivity index (χ0v) is 15.9. The Kier molecular flexibility index (Phi) is 4.29. The summed E-state index contributed by atoms with van der Waals surface area (Å²) >= 11 is 0. The molecule has 0 atom stereocenters. The van der Waals surface area contributed by atoms with Gasteiger partial charge in [-0.1, -0.05) is 24.3 Å². The monoisotopic (exact) mass is 413 g/mol. The maximum atomic E-state index is 12.7. The molecule has 0 bridgehead atoms. The van der Waals surface area contributed by atoms with Crippen molar-refractivity contribution >= 4 is 45.5 Å². The number of hydrogen-bond donors (Lipinski definition) is 5. The van der Waals surface area contributed by atoms with Gasteiger partial charge in [0.2, 0.25) is 11.9 Å². The molecule has 5 N–H and O–H groups in total. The van der Waals surface area contributed by atoms with Crippen LogP contribution in [0.5, 0.6) is 0 Å². The molecule has 152 valence electrons. The maximum absolute atomic E-state index is 12.7. The number of imidazole rings is 2. The van der Waals surface area contributed by atoms with E-state index in [-0.39, 0.29) is 17.2 Å². The zero-order chi connectivity index (χ0) is 21.4. The van der Waals surface area contributed by atoms with Gasteiger partial charge in [0.05, 0.1) is 11.1 Å². The first-order valence-corrected chi connectivity index (χ1v) is 9.31. The van der Waals surface area contributed by atoms with Gasteiger partial charge in [-0.05, 0) is 29.7 Å². The van der Waals surface area contributed by atoms with Crippen LogP contribution in [0.1, 0.15) is 20.8 Å². The standard InChI is InChI=1S/C21H15N7O3/c29-17-12-5-2-1-4-11(12)10-15(24-17)19(31)28-21-25-14-7-3-6-13(16(14)26-21)18(30)27-20-22-8-9-23-20/h1-10H,(H,24,29)(H2,22,23,27,30)(H2,25,26,28,31). The molecular weight excluding hydrogens is 398 g/mol. The number of carbonyl (C=O) groups excluding carboxylic acids is 2. The summed E-state index contributed by atoms with van der Waals surface area (Å²) in [7, 11) is 0. The Morgan fingerprint density at radius 3 is 2.58 bits per heavy atom. The average molecular weight is 413 g/mol. The summed E-state index contributed by atoms with van der Waals surface area (Å²) in [4.78, 5) is 54.2. The fourth-order valence-electron chi connectivity index (χ4n) is 3.29. The summed E-state index contributed by atoms with van der Waals surface area (Å²) in [5.74, 6) is -0.481. The summed E-state index contributed by atoms with van der Waals surface area (Å²) in [5.41, 5.74) is 0.998. The fraction of sp³-hybridized carbons (Fsp3) is 0. The van der Waals surface area contributed by atoms with Crippen LogP contribution in [0.3, 0.4) is 0 Å². The molecule has 0 unspecified atom stereocenters. The molecule has 10 heteroatoms. The number of nitrogens with zero attached hydrogens (tertiary/aromatic N) is 2. The lowest BCUT2D eigenvalue weighted by Gasteiger charge is -2.04. The van der Waals surface area contributed by atoms with Crippen LogP contribution in [-0.4, -0.2) is 36.7 Å². The highest BCUT2D eigenvalue weighted by Gasteiger charge is 2.17. The van der Waals surface area contributed by atoms with Gasteiger partial charge in [0.25, 0.3) is 17.4 Å². The largest absolute Gasteiger partial charge is 0.331 e. The lowest BCUT2D eigenvalue weighted by atomic mass is 10.1. The smallest absolute Gasteiger partial charge is 0.274 e. The number of para-hydroxylation sites is 1. The first kappa shape index (κ1) is 18.3. The van der Waals surface area contributed by atoms with E-state index in [0.717, 1.165) is 0 Å². The van der Waals surface area contributed by atoms with E-state index in [4.69, 9.17) is 0 Å². The summed E-state index contributed by atoms with van der Waals surface area (Å²) in [5, 5.41) is 6.41. The third kappa shape index (κ3) is 3.42. The number of amides is 2. The van der Waals surface area contributed by atoms with Gasteiger partial charge in [0.1, 0.15) is 11.2 Å². The predicted molar refractivity (Wildman–Crippen MR) is 115 cm³/mol.